The third-order valence-corrected chi connectivity index (χ3v) is 11.9. The number of esters is 3. The molecule has 0 radical (unpaired) electrons. The summed E-state index contributed by atoms with van der Waals surface area (Å²) in [4.78, 5) is 37.9. The number of carbonyl (C=O) groups excluding carboxylic acids is 3. The van der Waals surface area contributed by atoms with Crippen LogP contribution >= 0.6 is 0 Å². The molecule has 72 heavy (non-hydrogen) atoms. The molecule has 0 rings (SSSR count). The lowest BCUT2D eigenvalue weighted by atomic mass is 10.1. The molecule has 0 aromatic carbocycles. The van der Waals surface area contributed by atoms with Crippen molar-refractivity contribution in [1.82, 2.24) is 0 Å². The van der Waals surface area contributed by atoms with Gasteiger partial charge in [-0.15, -0.1) is 0 Å². The van der Waals surface area contributed by atoms with Crippen molar-refractivity contribution in [3.8, 4) is 0 Å². The lowest BCUT2D eigenvalue weighted by Gasteiger charge is -2.18. The molecule has 0 bridgehead atoms. The molecule has 6 heteroatoms. The standard InChI is InChI=1S/C66H106O6/c1-4-7-10-13-16-18-20-22-24-26-28-29-30-31-32-33-34-35-36-37-39-40-42-44-46-48-50-53-56-59-65(68)71-62-63(61-70-64(67)58-55-52-15-12-9-6-3)72-66(69)60-57-54-51-49-47-45-43-41-38-27-25-23-21-19-17-14-11-8-5-2/h7,10,16-19,22-25,28-29,31-32,34-35,37-39,41-42,44,63H,4-6,8-9,11-15,20-21,26-27,30,33,36,40,43,45-62H2,1-3H3/b10-7-,18-16-,19-17-,24-22-,25-23-,29-28-,32-31-,35-34-,39-37-,41-38-,44-42-. The van der Waals surface area contributed by atoms with E-state index in [1.54, 1.807) is 0 Å². The second-order valence-corrected chi connectivity index (χ2v) is 18.8. The second-order valence-electron chi connectivity index (χ2n) is 18.8. The van der Waals surface area contributed by atoms with E-state index >= 15 is 0 Å². The number of hydrogen-bond acceptors (Lipinski definition) is 6. The molecular formula is C66H106O6. The highest BCUT2D eigenvalue weighted by molar-refractivity contribution is 5.71. The summed E-state index contributed by atoms with van der Waals surface area (Å²) >= 11 is 0. The summed E-state index contributed by atoms with van der Waals surface area (Å²) in [6.45, 7) is 6.39. The van der Waals surface area contributed by atoms with Crippen LogP contribution in [-0.2, 0) is 28.6 Å². The predicted octanol–water partition coefficient (Wildman–Crippen LogP) is 19.8. The molecule has 0 N–H and O–H groups in total. The minimum Gasteiger partial charge on any atom is -0.462 e. The van der Waals surface area contributed by atoms with Crippen LogP contribution in [0.4, 0.5) is 0 Å². The first-order chi connectivity index (χ1) is 35.5. The Morgan fingerprint density at radius 3 is 0.875 bits per heavy atom. The van der Waals surface area contributed by atoms with Crippen molar-refractivity contribution in [1.29, 1.82) is 0 Å². The molecule has 0 aliphatic heterocycles. The van der Waals surface area contributed by atoms with Gasteiger partial charge in [0.25, 0.3) is 0 Å². The molecule has 0 saturated carbocycles. The summed E-state index contributed by atoms with van der Waals surface area (Å²) in [6, 6.07) is 0. The van der Waals surface area contributed by atoms with Crippen LogP contribution in [0.5, 0.6) is 0 Å². The van der Waals surface area contributed by atoms with E-state index in [0.717, 1.165) is 148 Å². The number of hydrogen-bond donors (Lipinski definition) is 0. The molecule has 0 spiro atoms. The molecule has 0 aromatic rings. The van der Waals surface area contributed by atoms with Crippen molar-refractivity contribution in [2.75, 3.05) is 13.2 Å². The number of carbonyl (C=O) groups is 3. The SMILES string of the molecule is CC/C=C\C/C=C\C/C=C\C/C=C\C/C=C\C/C=C\C/C=C\C/C=C\CCCCCCC(=O)OCC(COC(=O)CCCCCCCC)OC(=O)CCCCCCCC/C=C\C/C=C\C/C=C\CCCCC. The van der Waals surface area contributed by atoms with Gasteiger partial charge in [0.2, 0.25) is 0 Å². The van der Waals surface area contributed by atoms with Crippen LogP contribution in [0.1, 0.15) is 245 Å². The van der Waals surface area contributed by atoms with Crippen LogP contribution in [0.3, 0.4) is 0 Å². The van der Waals surface area contributed by atoms with E-state index in [9.17, 15) is 14.4 Å². The monoisotopic (exact) mass is 995 g/mol. The van der Waals surface area contributed by atoms with Gasteiger partial charge >= 0.3 is 17.9 Å². The highest BCUT2D eigenvalue weighted by Crippen LogP contribution is 2.13. The maximum Gasteiger partial charge on any atom is 0.306 e. The summed E-state index contributed by atoms with van der Waals surface area (Å²) in [6.07, 6.45) is 83.3. The van der Waals surface area contributed by atoms with Crippen molar-refractivity contribution in [2.45, 2.75) is 252 Å². The van der Waals surface area contributed by atoms with E-state index in [0.29, 0.717) is 19.3 Å². The Morgan fingerprint density at radius 1 is 0.292 bits per heavy atom. The Hall–Kier alpha value is -4.45. The van der Waals surface area contributed by atoms with E-state index < -0.39 is 6.10 Å². The van der Waals surface area contributed by atoms with Crippen molar-refractivity contribution >= 4 is 17.9 Å². The number of rotatable bonds is 51. The van der Waals surface area contributed by atoms with Gasteiger partial charge in [0, 0.05) is 19.3 Å². The molecule has 406 valence electrons. The number of ether oxygens (including phenoxy) is 3. The van der Waals surface area contributed by atoms with Gasteiger partial charge in [-0.25, -0.2) is 0 Å². The fraction of sp³-hybridized carbons (Fsp3) is 0.621. The normalized spacial score (nSPS) is 13.1. The van der Waals surface area contributed by atoms with Crippen LogP contribution in [0.2, 0.25) is 0 Å². The van der Waals surface area contributed by atoms with Crippen LogP contribution in [0, 0.1) is 0 Å². The number of allylic oxidation sites excluding steroid dienone is 22. The third kappa shape index (κ3) is 56.5. The molecule has 0 aromatic heterocycles. The van der Waals surface area contributed by atoms with Gasteiger partial charge in [0.1, 0.15) is 13.2 Å². The van der Waals surface area contributed by atoms with Crippen molar-refractivity contribution in [3.05, 3.63) is 134 Å². The van der Waals surface area contributed by atoms with Gasteiger partial charge in [0.15, 0.2) is 6.10 Å². The molecule has 6 nitrogen and oxygen atoms in total. The predicted molar refractivity (Wildman–Crippen MR) is 311 cm³/mol. The first-order valence-corrected chi connectivity index (χ1v) is 29.2. The van der Waals surface area contributed by atoms with Gasteiger partial charge in [-0.2, -0.15) is 0 Å². The minimum atomic E-state index is -0.797. The third-order valence-electron chi connectivity index (χ3n) is 11.9. The molecule has 0 amide bonds. The Balaban J connectivity index is 4.25. The lowest BCUT2D eigenvalue weighted by molar-refractivity contribution is -0.167. The van der Waals surface area contributed by atoms with Crippen molar-refractivity contribution in [3.63, 3.8) is 0 Å². The summed E-state index contributed by atoms with van der Waals surface area (Å²) in [5.74, 6) is -0.949. The smallest absolute Gasteiger partial charge is 0.306 e. The van der Waals surface area contributed by atoms with Gasteiger partial charge in [-0.3, -0.25) is 14.4 Å². The molecule has 0 heterocycles. The highest BCUT2D eigenvalue weighted by Gasteiger charge is 2.19. The Labute approximate surface area is 443 Å². The maximum absolute atomic E-state index is 12.8. The van der Waals surface area contributed by atoms with Gasteiger partial charge < -0.3 is 14.2 Å². The Bertz CT molecular complexity index is 1560. The summed E-state index contributed by atoms with van der Waals surface area (Å²) in [5.41, 5.74) is 0. The van der Waals surface area contributed by atoms with E-state index in [2.05, 4.69) is 154 Å². The summed E-state index contributed by atoms with van der Waals surface area (Å²) < 4.78 is 16.7. The van der Waals surface area contributed by atoms with E-state index in [1.165, 1.54) is 57.8 Å². The van der Waals surface area contributed by atoms with Gasteiger partial charge in [-0.05, 0) is 122 Å². The highest BCUT2D eigenvalue weighted by atomic mass is 16.6. The topological polar surface area (TPSA) is 78.9 Å². The van der Waals surface area contributed by atoms with E-state index in [-0.39, 0.29) is 31.1 Å². The van der Waals surface area contributed by atoms with Gasteiger partial charge in [0.05, 0.1) is 0 Å². The maximum atomic E-state index is 12.8. The van der Waals surface area contributed by atoms with Crippen molar-refractivity contribution in [2.24, 2.45) is 0 Å². The van der Waals surface area contributed by atoms with E-state index in [1.807, 2.05) is 0 Å². The largest absolute Gasteiger partial charge is 0.462 e. The zero-order valence-corrected chi connectivity index (χ0v) is 46.4. The van der Waals surface area contributed by atoms with Crippen LogP contribution in [-0.4, -0.2) is 37.2 Å². The van der Waals surface area contributed by atoms with Crippen LogP contribution < -0.4 is 0 Å². The Kier molecular flexibility index (Phi) is 55.5. The first kappa shape index (κ1) is 67.5. The second kappa shape index (κ2) is 59.1. The van der Waals surface area contributed by atoms with Crippen molar-refractivity contribution < 1.29 is 28.6 Å². The average Bonchev–Trinajstić information content (AvgIpc) is 3.38. The summed E-state index contributed by atoms with van der Waals surface area (Å²) in [7, 11) is 0. The zero-order chi connectivity index (χ0) is 52.2. The molecule has 1 unspecified atom stereocenters. The van der Waals surface area contributed by atoms with Gasteiger partial charge in [-0.1, -0.05) is 238 Å². The van der Waals surface area contributed by atoms with E-state index in [4.69, 9.17) is 14.2 Å². The van der Waals surface area contributed by atoms with Crippen LogP contribution in [0.25, 0.3) is 0 Å². The summed E-state index contributed by atoms with van der Waals surface area (Å²) in [5, 5.41) is 0. The lowest BCUT2D eigenvalue weighted by Crippen LogP contribution is -2.30. The first-order valence-electron chi connectivity index (χ1n) is 29.2. The zero-order valence-electron chi connectivity index (χ0n) is 46.4. The molecule has 0 saturated heterocycles. The Morgan fingerprint density at radius 2 is 0.542 bits per heavy atom. The molecular weight excluding hydrogens is 889 g/mol. The molecule has 0 fully saturated rings. The quantitative estimate of drug-likeness (QED) is 0.0261. The molecule has 0 aliphatic carbocycles. The molecule has 0 aliphatic rings. The average molecular weight is 996 g/mol. The number of unbranched alkanes of at least 4 members (excludes halogenated alkanes) is 18. The van der Waals surface area contributed by atoms with Crippen LogP contribution in [0.15, 0.2) is 134 Å². The molecule has 1 atom stereocenters. The fourth-order valence-corrected chi connectivity index (χ4v) is 7.52. The minimum absolute atomic E-state index is 0.0955. The fourth-order valence-electron chi connectivity index (χ4n) is 7.52.